The van der Waals surface area contributed by atoms with Gasteiger partial charge in [-0.1, -0.05) is 23.7 Å². The number of alkyl halides is 3. The van der Waals surface area contributed by atoms with Crippen molar-refractivity contribution >= 4 is 44.9 Å². The van der Waals surface area contributed by atoms with E-state index in [1.165, 1.54) is 11.3 Å². The van der Waals surface area contributed by atoms with Gasteiger partial charge >= 0.3 is 6.18 Å². The van der Waals surface area contributed by atoms with Gasteiger partial charge in [-0.2, -0.15) is 13.2 Å². The second-order valence-electron chi connectivity index (χ2n) is 6.96. The minimum atomic E-state index is -4.49. The molecule has 11 heteroatoms. The van der Waals surface area contributed by atoms with E-state index in [2.05, 4.69) is 9.97 Å². The highest BCUT2D eigenvalue weighted by molar-refractivity contribution is 7.18. The van der Waals surface area contributed by atoms with Gasteiger partial charge in [-0.15, -0.1) is 11.3 Å². The highest BCUT2D eigenvalue weighted by Gasteiger charge is 2.32. The minimum absolute atomic E-state index is 0.0603. The van der Waals surface area contributed by atoms with Crippen LogP contribution in [0.25, 0.3) is 10.2 Å². The molecule has 1 fully saturated rings. The Labute approximate surface area is 185 Å². The first-order valence-electron chi connectivity index (χ1n) is 9.49. The Bertz CT molecular complexity index is 1050. The molecule has 0 radical (unpaired) electrons. The summed E-state index contributed by atoms with van der Waals surface area (Å²) in [5, 5.41) is 0.746. The number of pyridine rings is 1. The van der Waals surface area contributed by atoms with Crippen LogP contribution in [-0.4, -0.2) is 53.6 Å². The van der Waals surface area contributed by atoms with Crippen LogP contribution in [-0.2, 0) is 22.3 Å². The summed E-state index contributed by atoms with van der Waals surface area (Å²) in [6.45, 7) is 1.85. The maximum atomic E-state index is 12.8. The fourth-order valence-corrected chi connectivity index (χ4v) is 4.48. The number of piperazine rings is 1. The summed E-state index contributed by atoms with van der Waals surface area (Å²) in [5.41, 5.74) is 0.0180. The van der Waals surface area contributed by atoms with Gasteiger partial charge in [0.05, 0.1) is 27.4 Å². The van der Waals surface area contributed by atoms with Crippen LogP contribution in [0, 0.1) is 0 Å². The molecule has 0 unspecified atom stereocenters. The van der Waals surface area contributed by atoms with Crippen LogP contribution >= 0.6 is 22.9 Å². The molecule has 1 amide bonds. The number of carbonyl (C=O) groups excluding carboxylic acids is 1. The lowest BCUT2D eigenvalue weighted by Crippen LogP contribution is -2.50. The Balaban J connectivity index is 1.27. The first-order chi connectivity index (χ1) is 14.8. The highest BCUT2D eigenvalue weighted by Crippen LogP contribution is 2.33. The van der Waals surface area contributed by atoms with Crippen molar-refractivity contribution in [2.24, 2.45) is 0 Å². The number of hydrogen-bond donors (Lipinski definition) is 0. The molecule has 0 aliphatic carbocycles. The number of nitrogens with zero attached hydrogens (tertiary/aromatic N) is 4. The maximum absolute atomic E-state index is 12.8. The number of carbonyl (C=O) groups is 1. The van der Waals surface area contributed by atoms with Crippen LogP contribution in [0.2, 0.25) is 5.02 Å². The molecule has 0 saturated carbocycles. The van der Waals surface area contributed by atoms with Crippen molar-refractivity contribution in [2.45, 2.75) is 12.8 Å². The van der Waals surface area contributed by atoms with Crippen molar-refractivity contribution in [1.29, 1.82) is 0 Å². The van der Waals surface area contributed by atoms with Crippen molar-refractivity contribution in [3.8, 4) is 0 Å². The van der Waals surface area contributed by atoms with E-state index < -0.39 is 11.7 Å². The van der Waals surface area contributed by atoms with Gasteiger partial charge in [-0.05, 0) is 18.2 Å². The first kappa shape index (κ1) is 21.8. The van der Waals surface area contributed by atoms with Gasteiger partial charge in [-0.3, -0.25) is 4.79 Å². The minimum Gasteiger partial charge on any atom is -0.364 e. The molecular weight excluding hydrogens is 453 g/mol. The zero-order chi connectivity index (χ0) is 22.0. The van der Waals surface area contributed by atoms with Crippen LogP contribution in [0.4, 0.5) is 19.0 Å². The zero-order valence-electron chi connectivity index (χ0n) is 16.2. The lowest BCUT2D eigenvalue weighted by atomic mass is 10.2. The lowest BCUT2D eigenvalue weighted by molar-refractivity contribution is -0.138. The molecule has 3 aromatic rings. The van der Waals surface area contributed by atoms with E-state index in [1.54, 1.807) is 9.80 Å². The molecule has 1 aliphatic heterocycles. The highest BCUT2D eigenvalue weighted by atomic mass is 35.5. The lowest BCUT2D eigenvalue weighted by Gasteiger charge is -2.35. The second-order valence-corrected chi connectivity index (χ2v) is 8.49. The molecule has 0 bridgehead atoms. The molecule has 1 aromatic carbocycles. The number of halogens is 4. The van der Waals surface area contributed by atoms with Crippen LogP contribution in [0.3, 0.4) is 0 Å². The molecule has 2 aromatic heterocycles. The molecule has 4 rings (SSSR count). The van der Waals surface area contributed by atoms with Crippen LogP contribution in [0.5, 0.6) is 0 Å². The number of aromatic nitrogens is 2. The predicted molar refractivity (Wildman–Crippen MR) is 112 cm³/mol. The van der Waals surface area contributed by atoms with Crippen molar-refractivity contribution < 1.29 is 22.7 Å². The Kier molecular flexibility index (Phi) is 6.31. The van der Waals surface area contributed by atoms with Gasteiger partial charge in [-0.25, -0.2) is 9.97 Å². The van der Waals surface area contributed by atoms with E-state index in [0.29, 0.717) is 26.2 Å². The predicted octanol–water partition coefficient (Wildman–Crippen LogP) is 4.23. The third-order valence-corrected chi connectivity index (χ3v) is 6.16. The molecule has 1 aliphatic rings. The molecule has 31 heavy (non-hydrogen) atoms. The summed E-state index contributed by atoms with van der Waals surface area (Å²) < 4.78 is 44.9. The summed E-state index contributed by atoms with van der Waals surface area (Å²) in [6, 6.07) is 8.65. The number of benzene rings is 1. The van der Waals surface area contributed by atoms with Gasteiger partial charge < -0.3 is 14.5 Å². The summed E-state index contributed by atoms with van der Waals surface area (Å²) in [7, 11) is 0. The SMILES string of the molecule is O=C(COCc1nc2ccccc2s1)N1CCN(c2ncc(C(F)(F)F)cc2Cl)CC1. The van der Waals surface area contributed by atoms with Crippen molar-refractivity contribution in [1.82, 2.24) is 14.9 Å². The largest absolute Gasteiger partial charge is 0.417 e. The molecule has 1 saturated heterocycles. The molecule has 6 nitrogen and oxygen atoms in total. The molecule has 3 heterocycles. The van der Waals surface area contributed by atoms with E-state index in [0.717, 1.165) is 27.5 Å². The molecule has 0 N–H and O–H groups in total. The normalized spacial score (nSPS) is 15.0. The van der Waals surface area contributed by atoms with Gasteiger partial charge in [0.1, 0.15) is 17.4 Å². The average molecular weight is 471 g/mol. The fraction of sp³-hybridized carbons (Fsp3) is 0.350. The number of hydrogen-bond acceptors (Lipinski definition) is 6. The standard InChI is InChI=1S/C20H18ClF3N4O2S/c21-14-9-13(20(22,23)24)10-25-19(14)28-7-5-27(6-8-28)18(29)12-30-11-17-26-15-3-1-2-4-16(15)31-17/h1-4,9-10H,5-8,11-12H2. The number of para-hydroxylation sites is 1. The summed E-state index contributed by atoms with van der Waals surface area (Å²) in [4.78, 5) is 24.2. The van der Waals surface area contributed by atoms with Crippen molar-refractivity contribution in [3.63, 3.8) is 0 Å². The topological polar surface area (TPSA) is 58.6 Å². The van der Waals surface area contributed by atoms with E-state index in [4.69, 9.17) is 16.3 Å². The monoisotopic (exact) mass is 470 g/mol. The summed E-state index contributed by atoms with van der Waals surface area (Å²) in [5.74, 6) is 0.140. The van der Waals surface area contributed by atoms with Crippen molar-refractivity contribution in [3.05, 3.63) is 52.1 Å². The Morgan fingerprint density at radius 3 is 2.61 bits per heavy atom. The van der Waals surface area contributed by atoms with Crippen LogP contribution < -0.4 is 4.90 Å². The summed E-state index contributed by atoms with van der Waals surface area (Å²) in [6.07, 6.45) is -3.72. The Hall–Kier alpha value is -2.43. The Morgan fingerprint density at radius 2 is 1.94 bits per heavy atom. The number of amides is 1. The van der Waals surface area contributed by atoms with E-state index in [9.17, 15) is 18.0 Å². The van der Waals surface area contributed by atoms with Gasteiger partial charge in [0.25, 0.3) is 0 Å². The second kappa shape index (κ2) is 8.97. The van der Waals surface area contributed by atoms with Gasteiger partial charge in [0, 0.05) is 32.4 Å². The quantitative estimate of drug-likeness (QED) is 0.558. The molecule has 0 spiro atoms. The Morgan fingerprint density at radius 1 is 1.19 bits per heavy atom. The number of ether oxygens (including phenoxy) is 1. The molecule has 164 valence electrons. The van der Waals surface area contributed by atoms with E-state index in [1.807, 2.05) is 24.3 Å². The van der Waals surface area contributed by atoms with Crippen molar-refractivity contribution in [2.75, 3.05) is 37.7 Å². The third-order valence-electron chi connectivity index (χ3n) is 4.87. The average Bonchev–Trinajstić information content (AvgIpc) is 3.16. The zero-order valence-corrected chi connectivity index (χ0v) is 17.8. The third kappa shape index (κ3) is 5.08. The maximum Gasteiger partial charge on any atom is 0.417 e. The van der Waals surface area contributed by atoms with Gasteiger partial charge in [0.15, 0.2) is 0 Å². The van der Waals surface area contributed by atoms with E-state index in [-0.39, 0.29) is 30.0 Å². The van der Waals surface area contributed by atoms with E-state index >= 15 is 0 Å². The number of fused-ring (bicyclic) bond motifs is 1. The smallest absolute Gasteiger partial charge is 0.364 e. The number of thiazole rings is 1. The first-order valence-corrected chi connectivity index (χ1v) is 10.7. The van der Waals surface area contributed by atoms with Crippen LogP contribution in [0.15, 0.2) is 36.5 Å². The fourth-order valence-electron chi connectivity index (χ4n) is 3.28. The van der Waals surface area contributed by atoms with Crippen LogP contribution in [0.1, 0.15) is 10.6 Å². The van der Waals surface area contributed by atoms with Gasteiger partial charge in [0.2, 0.25) is 5.91 Å². The summed E-state index contributed by atoms with van der Waals surface area (Å²) >= 11 is 7.54. The number of rotatable bonds is 5. The number of anilines is 1. The molecular formula is C20H18ClF3N4O2S. The molecule has 0 atom stereocenters.